The van der Waals surface area contributed by atoms with Crippen LogP contribution < -0.4 is 10.2 Å². The molecular formula is C14H26N4O. The van der Waals surface area contributed by atoms with Gasteiger partial charge in [0.25, 0.3) is 6.01 Å². The predicted octanol–water partition coefficient (Wildman–Crippen LogP) is 1.70. The fourth-order valence-electron chi connectivity index (χ4n) is 1.95. The van der Waals surface area contributed by atoms with Gasteiger partial charge in [-0.15, -0.1) is 0 Å². The molecule has 5 heteroatoms. The number of nitrogens with one attached hydrogen (secondary N) is 1. The van der Waals surface area contributed by atoms with Crippen molar-refractivity contribution >= 4 is 6.01 Å². The van der Waals surface area contributed by atoms with Crippen molar-refractivity contribution in [2.75, 3.05) is 38.6 Å². The van der Waals surface area contributed by atoms with E-state index in [1.165, 1.54) is 12.8 Å². The van der Waals surface area contributed by atoms with Crippen molar-refractivity contribution in [2.24, 2.45) is 0 Å². The van der Waals surface area contributed by atoms with Gasteiger partial charge in [-0.3, -0.25) is 0 Å². The molecule has 0 amide bonds. The van der Waals surface area contributed by atoms with Gasteiger partial charge in [-0.2, -0.15) is 4.98 Å². The molecule has 0 atom stereocenters. The lowest BCUT2D eigenvalue weighted by molar-refractivity contribution is 0.405. The molecular weight excluding hydrogens is 240 g/mol. The van der Waals surface area contributed by atoms with Gasteiger partial charge in [0.2, 0.25) is 0 Å². The summed E-state index contributed by atoms with van der Waals surface area (Å²) in [6.45, 7) is 5.96. The molecule has 108 valence electrons. The quantitative estimate of drug-likeness (QED) is 0.737. The summed E-state index contributed by atoms with van der Waals surface area (Å²) in [6.07, 6.45) is 5.49. The zero-order chi connectivity index (χ0) is 13.7. The Balaban J connectivity index is 1.87. The Labute approximate surface area is 116 Å². The molecule has 0 unspecified atom stereocenters. The van der Waals surface area contributed by atoms with E-state index in [1.54, 1.807) is 6.26 Å². The van der Waals surface area contributed by atoms with E-state index >= 15 is 0 Å². The summed E-state index contributed by atoms with van der Waals surface area (Å²) >= 11 is 0. The lowest BCUT2D eigenvalue weighted by atomic mass is 10.4. The van der Waals surface area contributed by atoms with Crippen molar-refractivity contribution in [3.05, 3.63) is 12.0 Å². The molecule has 0 radical (unpaired) electrons. The van der Waals surface area contributed by atoms with Gasteiger partial charge in [-0.1, -0.05) is 6.92 Å². The van der Waals surface area contributed by atoms with Gasteiger partial charge in [-0.05, 0) is 33.4 Å². The third-order valence-electron chi connectivity index (χ3n) is 3.27. The van der Waals surface area contributed by atoms with E-state index in [2.05, 4.69) is 41.1 Å². The standard InChI is InChI=1S/C14H26N4O/c1-4-7-18(9-8-17(2)3)14-16-13(11-19-14)10-15-12-5-6-12/h11-12,15H,4-10H2,1-3H3. The van der Waals surface area contributed by atoms with E-state index < -0.39 is 0 Å². The van der Waals surface area contributed by atoms with Crippen molar-refractivity contribution in [1.29, 1.82) is 0 Å². The first-order chi connectivity index (χ1) is 9.19. The molecule has 19 heavy (non-hydrogen) atoms. The average molecular weight is 266 g/mol. The highest BCUT2D eigenvalue weighted by Crippen LogP contribution is 2.20. The first-order valence-electron chi connectivity index (χ1n) is 7.26. The lowest BCUT2D eigenvalue weighted by Crippen LogP contribution is -2.32. The largest absolute Gasteiger partial charge is 0.432 e. The van der Waals surface area contributed by atoms with Crippen molar-refractivity contribution in [1.82, 2.24) is 15.2 Å². The Morgan fingerprint density at radius 3 is 2.74 bits per heavy atom. The van der Waals surface area contributed by atoms with E-state index in [4.69, 9.17) is 4.42 Å². The third kappa shape index (κ3) is 4.84. The Morgan fingerprint density at radius 2 is 2.11 bits per heavy atom. The Morgan fingerprint density at radius 1 is 1.32 bits per heavy atom. The van der Waals surface area contributed by atoms with Crippen LogP contribution in [0, 0.1) is 0 Å². The lowest BCUT2D eigenvalue weighted by Gasteiger charge is -2.21. The summed E-state index contributed by atoms with van der Waals surface area (Å²) < 4.78 is 5.62. The fraction of sp³-hybridized carbons (Fsp3) is 0.786. The number of nitrogens with zero attached hydrogens (tertiary/aromatic N) is 3. The second-order valence-electron chi connectivity index (χ2n) is 5.57. The van der Waals surface area contributed by atoms with E-state index in [9.17, 15) is 0 Å². The highest BCUT2D eigenvalue weighted by atomic mass is 16.4. The number of anilines is 1. The number of aromatic nitrogens is 1. The maximum absolute atomic E-state index is 5.62. The Bertz CT molecular complexity index is 373. The molecule has 0 aliphatic heterocycles. The van der Waals surface area contributed by atoms with Crippen molar-refractivity contribution in [2.45, 2.75) is 38.8 Å². The van der Waals surface area contributed by atoms with Gasteiger partial charge in [0.05, 0.1) is 5.69 Å². The Kier molecular flexibility index (Phi) is 5.22. The molecule has 1 aromatic heterocycles. The van der Waals surface area contributed by atoms with E-state index in [0.717, 1.165) is 44.3 Å². The number of rotatable bonds is 9. The normalized spacial score (nSPS) is 15.2. The van der Waals surface area contributed by atoms with E-state index in [1.807, 2.05) is 0 Å². The zero-order valence-corrected chi connectivity index (χ0v) is 12.4. The number of oxazole rings is 1. The van der Waals surface area contributed by atoms with Crippen molar-refractivity contribution < 1.29 is 4.42 Å². The maximum Gasteiger partial charge on any atom is 0.297 e. The summed E-state index contributed by atoms with van der Waals surface area (Å²) in [5, 5.41) is 3.46. The highest BCUT2D eigenvalue weighted by Gasteiger charge is 2.21. The number of hydrogen-bond donors (Lipinski definition) is 1. The first kappa shape index (κ1) is 14.3. The van der Waals surface area contributed by atoms with Gasteiger partial charge in [0, 0.05) is 32.2 Å². The molecule has 1 N–H and O–H groups in total. The van der Waals surface area contributed by atoms with Crippen LogP contribution >= 0.6 is 0 Å². The van der Waals surface area contributed by atoms with Gasteiger partial charge < -0.3 is 19.5 Å². The first-order valence-corrected chi connectivity index (χ1v) is 7.26. The maximum atomic E-state index is 5.62. The molecule has 0 aromatic carbocycles. The summed E-state index contributed by atoms with van der Waals surface area (Å²) in [5.41, 5.74) is 1.01. The molecule has 0 saturated heterocycles. The summed E-state index contributed by atoms with van der Waals surface area (Å²) in [5.74, 6) is 0. The van der Waals surface area contributed by atoms with Gasteiger partial charge in [0.15, 0.2) is 0 Å². The molecule has 0 bridgehead atoms. The molecule has 1 fully saturated rings. The molecule has 1 aromatic rings. The van der Waals surface area contributed by atoms with Crippen LogP contribution in [0.5, 0.6) is 0 Å². The van der Waals surface area contributed by atoms with Crippen molar-refractivity contribution in [3.63, 3.8) is 0 Å². The molecule has 2 rings (SSSR count). The van der Waals surface area contributed by atoms with Crippen LogP contribution in [-0.4, -0.2) is 49.7 Å². The molecule has 1 heterocycles. The highest BCUT2D eigenvalue weighted by molar-refractivity contribution is 5.26. The van der Waals surface area contributed by atoms with E-state index in [-0.39, 0.29) is 0 Å². The predicted molar refractivity (Wildman–Crippen MR) is 77.4 cm³/mol. The van der Waals surface area contributed by atoms with Crippen molar-refractivity contribution in [3.8, 4) is 0 Å². The van der Waals surface area contributed by atoms with Crippen LogP contribution in [0.1, 0.15) is 31.9 Å². The van der Waals surface area contributed by atoms with Crippen LogP contribution in [-0.2, 0) is 6.54 Å². The van der Waals surface area contributed by atoms with Crippen LogP contribution in [0.2, 0.25) is 0 Å². The molecule has 1 aliphatic rings. The summed E-state index contributed by atoms with van der Waals surface area (Å²) in [4.78, 5) is 8.99. The summed E-state index contributed by atoms with van der Waals surface area (Å²) in [7, 11) is 4.18. The summed E-state index contributed by atoms with van der Waals surface area (Å²) in [6, 6.07) is 1.47. The minimum atomic E-state index is 0.709. The SMILES string of the molecule is CCCN(CCN(C)C)c1nc(CNC2CC2)co1. The van der Waals surface area contributed by atoms with Gasteiger partial charge in [0.1, 0.15) is 6.26 Å². The van der Waals surface area contributed by atoms with Crippen LogP contribution in [0.15, 0.2) is 10.7 Å². The van der Waals surface area contributed by atoms with Crippen LogP contribution in [0.25, 0.3) is 0 Å². The second-order valence-corrected chi connectivity index (χ2v) is 5.57. The fourth-order valence-corrected chi connectivity index (χ4v) is 1.95. The molecule has 1 saturated carbocycles. The second kappa shape index (κ2) is 6.91. The van der Waals surface area contributed by atoms with Gasteiger partial charge in [-0.25, -0.2) is 0 Å². The third-order valence-corrected chi connectivity index (χ3v) is 3.27. The number of hydrogen-bond acceptors (Lipinski definition) is 5. The monoisotopic (exact) mass is 266 g/mol. The topological polar surface area (TPSA) is 44.5 Å². The molecule has 1 aliphatic carbocycles. The van der Waals surface area contributed by atoms with Crippen LogP contribution in [0.4, 0.5) is 6.01 Å². The average Bonchev–Trinajstić information content (AvgIpc) is 3.09. The Hall–Kier alpha value is -1.07. The molecule has 0 spiro atoms. The van der Waals surface area contributed by atoms with Crippen LogP contribution in [0.3, 0.4) is 0 Å². The smallest absolute Gasteiger partial charge is 0.297 e. The zero-order valence-electron chi connectivity index (χ0n) is 12.4. The number of likely N-dealkylation sites (N-methyl/N-ethyl adjacent to an activating group) is 1. The molecule has 5 nitrogen and oxygen atoms in total. The van der Waals surface area contributed by atoms with Gasteiger partial charge >= 0.3 is 0 Å². The minimum Gasteiger partial charge on any atom is -0.432 e. The van der Waals surface area contributed by atoms with E-state index in [0.29, 0.717) is 6.04 Å². The minimum absolute atomic E-state index is 0.709.